The number of nitrogens with one attached hydrogen (secondary N) is 1. The van der Waals surface area contributed by atoms with Gasteiger partial charge in [-0.25, -0.2) is 4.57 Å². The molecule has 9 N–H and O–H groups in total. The molecule has 1 saturated carbocycles. The van der Waals surface area contributed by atoms with Gasteiger partial charge in [-0.1, -0.05) is 166 Å². The molecule has 0 aromatic carbocycles. The maximum atomic E-state index is 13.0. The molecular formula is C45H84NO12P. The Hall–Kier alpha value is -1.48. The molecule has 1 rings (SSSR count). The van der Waals surface area contributed by atoms with Crippen molar-refractivity contribution in [2.45, 2.75) is 236 Å². The first-order valence-corrected chi connectivity index (χ1v) is 24.5. The second-order valence-electron chi connectivity index (χ2n) is 16.4. The molecule has 0 heterocycles. The van der Waals surface area contributed by atoms with Crippen LogP contribution in [0.1, 0.15) is 181 Å². The minimum absolute atomic E-state index is 0.254. The van der Waals surface area contributed by atoms with Gasteiger partial charge >= 0.3 is 7.82 Å². The Balaban J connectivity index is 2.59. The quantitative estimate of drug-likeness (QED) is 0.0170. The second-order valence-corrected chi connectivity index (χ2v) is 17.8. The molecule has 13 nitrogen and oxygen atoms in total. The number of allylic oxidation sites excluding steroid dienone is 5. The van der Waals surface area contributed by atoms with Gasteiger partial charge in [0.1, 0.15) is 36.6 Å². The summed E-state index contributed by atoms with van der Waals surface area (Å²) in [6.45, 7) is 3.69. The Morgan fingerprint density at radius 3 is 1.49 bits per heavy atom. The van der Waals surface area contributed by atoms with E-state index in [1.165, 1.54) is 102 Å². The number of carbonyl (C=O) groups is 1. The van der Waals surface area contributed by atoms with Crippen LogP contribution in [0.4, 0.5) is 0 Å². The lowest BCUT2D eigenvalue weighted by atomic mass is 9.85. The standard InChI is InChI=1S/C45H84NO12P/c1-3-5-7-9-11-13-15-17-19-20-22-24-26-28-30-32-36(47)34-39(49)46-37(35-57-59(55,56)58-45-43(53)41(51)40(50)42(52)44(45)54)38(48)33-31-29-27-25-23-21-18-16-14-12-10-8-6-4-2/h14,16,23,25,31,33,36-38,40-45,47-48,50-54H,3-13,15,17-22,24,26-30,32,34-35H2,1-2H3,(H,46,49)(H,55,56)/b16-14+,25-23+,33-31+. The molecule has 0 aromatic rings. The van der Waals surface area contributed by atoms with Crippen LogP contribution in [-0.4, -0.2) is 108 Å². The first-order valence-electron chi connectivity index (χ1n) is 23.0. The predicted octanol–water partition coefficient (Wildman–Crippen LogP) is 7.36. The lowest BCUT2D eigenvalue weighted by Gasteiger charge is -2.41. The molecule has 0 saturated heterocycles. The van der Waals surface area contributed by atoms with E-state index >= 15 is 0 Å². The number of phosphoric ester groups is 1. The van der Waals surface area contributed by atoms with Gasteiger partial charge in [0.25, 0.3) is 0 Å². The van der Waals surface area contributed by atoms with Crippen LogP contribution in [0.5, 0.6) is 0 Å². The Morgan fingerprint density at radius 1 is 0.593 bits per heavy atom. The van der Waals surface area contributed by atoms with Crippen LogP contribution in [0, 0.1) is 0 Å². The van der Waals surface area contributed by atoms with Gasteiger partial charge < -0.3 is 46.0 Å². The first kappa shape index (κ1) is 55.5. The normalized spacial score (nSPS) is 23.9. The Kier molecular flexibility index (Phi) is 33.0. The summed E-state index contributed by atoms with van der Waals surface area (Å²) in [4.78, 5) is 23.4. The number of carbonyl (C=O) groups excluding carboxylic acids is 1. The highest BCUT2D eigenvalue weighted by atomic mass is 31.2. The van der Waals surface area contributed by atoms with E-state index in [1.54, 1.807) is 6.08 Å². The van der Waals surface area contributed by atoms with Gasteiger partial charge in [-0.2, -0.15) is 0 Å². The van der Waals surface area contributed by atoms with E-state index in [9.17, 15) is 50.0 Å². The third kappa shape index (κ3) is 27.2. The van der Waals surface area contributed by atoms with Crippen molar-refractivity contribution < 1.29 is 59.0 Å². The van der Waals surface area contributed by atoms with Gasteiger partial charge in [-0.15, -0.1) is 0 Å². The first-order chi connectivity index (χ1) is 28.3. The molecule has 14 heteroatoms. The molecule has 0 spiro atoms. The summed E-state index contributed by atoms with van der Waals surface area (Å²) in [6, 6.07) is -1.26. The van der Waals surface area contributed by atoms with Crippen molar-refractivity contribution in [2.75, 3.05) is 6.61 Å². The smallest absolute Gasteiger partial charge is 0.393 e. The Bertz CT molecular complexity index is 1160. The van der Waals surface area contributed by atoms with Gasteiger partial charge in [-0.3, -0.25) is 13.8 Å². The SMILES string of the molecule is CCCCCC/C=C/CC/C=C/CC/C=C/C(O)C(COP(=O)(O)OC1C(O)C(O)C(O)C(O)C1O)NC(=O)CC(O)CCCCCCCCCCCCCCCCC. The fourth-order valence-corrected chi connectivity index (χ4v) is 8.12. The van der Waals surface area contributed by atoms with Crippen molar-refractivity contribution in [1.82, 2.24) is 5.32 Å². The average Bonchev–Trinajstić information content (AvgIpc) is 3.21. The lowest BCUT2D eigenvalue weighted by Crippen LogP contribution is -2.64. The summed E-state index contributed by atoms with van der Waals surface area (Å²) in [5.74, 6) is -0.607. The largest absolute Gasteiger partial charge is 0.472 e. The molecule has 0 aromatic heterocycles. The summed E-state index contributed by atoms with van der Waals surface area (Å²) in [5, 5.41) is 74.4. The van der Waals surface area contributed by atoms with Crippen LogP contribution >= 0.6 is 7.82 Å². The van der Waals surface area contributed by atoms with Gasteiger partial charge in [0.15, 0.2) is 0 Å². The molecule has 1 aliphatic rings. The molecule has 0 bridgehead atoms. The fraction of sp³-hybridized carbons (Fsp3) is 0.844. The minimum Gasteiger partial charge on any atom is -0.393 e. The number of hydrogen-bond donors (Lipinski definition) is 9. The summed E-state index contributed by atoms with van der Waals surface area (Å²) in [7, 11) is -5.15. The number of phosphoric acid groups is 1. The zero-order chi connectivity index (χ0) is 43.7. The molecule has 1 fully saturated rings. The molecule has 0 aliphatic heterocycles. The predicted molar refractivity (Wildman–Crippen MR) is 233 cm³/mol. The Morgan fingerprint density at radius 2 is 1.00 bits per heavy atom. The monoisotopic (exact) mass is 862 g/mol. The maximum Gasteiger partial charge on any atom is 0.472 e. The highest BCUT2D eigenvalue weighted by Gasteiger charge is 2.51. The van der Waals surface area contributed by atoms with Crippen molar-refractivity contribution >= 4 is 13.7 Å². The van der Waals surface area contributed by atoms with E-state index in [0.29, 0.717) is 19.3 Å². The number of aliphatic hydroxyl groups excluding tert-OH is 7. The third-order valence-corrected chi connectivity index (χ3v) is 11.9. The van der Waals surface area contributed by atoms with E-state index in [4.69, 9.17) is 9.05 Å². The van der Waals surface area contributed by atoms with Crippen LogP contribution in [0.3, 0.4) is 0 Å². The number of hydrogen-bond acceptors (Lipinski definition) is 11. The maximum absolute atomic E-state index is 13.0. The van der Waals surface area contributed by atoms with Crippen molar-refractivity contribution in [2.24, 2.45) is 0 Å². The molecule has 8 unspecified atom stereocenters. The summed E-state index contributed by atoms with van der Waals surface area (Å²) in [5.41, 5.74) is 0. The van der Waals surface area contributed by atoms with Crippen molar-refractivity contribution in [3.8, 4) is 0 Å². The van der Waals surface area contributed by atoms with Gasteiger partial charge in [0.05, 0.1) is 31.3 Å². The van der Waals surface area contributed by atoms with Crippen LogP contribution in [0.15, 0.2) is 36.5 Å². The molecule has 1 amide bonds. The van der Waals surface area contributed by atoms with Crippen molar-refractivity contribution in [3.05, 3.63) is 36.5 Å². The van der Waals surface area contributed by atoms with E-state index in [-0.39, 0.29) is 6.42 Å². The van der Waals surface area contributed by atoms with Gasteiger partial charge in [-0.05, 0) is 44.9 Å². The minimum atomic E-state index is -5.15. The molecular weight excluding hydrogens is 777 g/mol. The highest BCUT2D eigenvalue weighted by molar-refractivity contribution is 7.47. The molecule has 346 valence electrons. The number of unbranched alkanes of at least 4 members (excludes halogenated alkanes) is 20. The van der Waals surface area contributed by atoms with Crippen LogP contribution in [-0.2, 0) is 18.4 Å². The summed E-state index contributed by atoms with van der Waals surface area (Å²) in [6.07, 6.45) is 25.2. The molecule has 0 radical (unpaired) electrons. The van der Waals surface area contributed by atoms with E-state index in [2.05, 4.69) is 43.5 Å². The second kappa shape index (κ2) is 35.0. The summed E-state index contributed by atoms with van der Waals surface area (Å²) >= 11 is 0. The van der Waals surface area contributed by atoms with E-state index in [0.717, 1.165) is 44.9 Å². The van der Waals surface area contributed by atoms with Crippen LogP contribution in [0.2, 0.25) is 0 Å². The van der Waals surface area contributed by atoms with Gasteiger partial charge in [0.2, 0.25) is 5.91 Å². The number of aliphatic hydroxyl groups is 7. The molecule has 59 heavy (non-hydrogen) atoms. The molecule has 8 atom stereocenters. The number of rotatable bonds is 37. The van der Waals surface area contributed by atoms with Crippen molar-refractivity contribution in [1.29, 1.82) is 0 Å². The number of amides is 1. The fourth-order valence-electron chi connectivity index (χ4n) is 7.15. The van der Waals surface area contributed by atoms with Gasteiger partial charge in [0, 0.05) is 0 Å². The molecule has 1 aliphatic carbocycles. The topological polar surface area (TPSA) is 226 Å². The average molecular weight is 862 g/mol. The van der Waals surface area contributed by atoms with Crippen LogP contribution < -0.4 is 5.32 Å². The van der Waals surface area contributed by atoms with Crippen LogP contribution in [0.25, 0.3) is 0 Å². The summed E-state index contributed by atoms with van der Waals surface area (Å²) < 4.78 is 22.8. The highest BCUT2D eigenvalue weighted by Crippen LogP contribution is 2.47. The van der Waals surface area contributed by atoms with Crippen molar-refractivity contribution in [3.63, 3.8) is 0 Å². The lowest BCUT2D eigenvalue weighted by molar-refractivity contribution is -0.220. The zero-order valence-electron chi connectivity index (χ0n) is 36.4. The third-order valence-electron chi connectivity index (χ3n) is 11.0. The Labute approximate surface area is 356 Å². The van der Waals surface area contributed by atoms with E-state index in [1.807, 2.05) is 0 Å². The zero-order valence-corrected chi connectivity index (χ0v) is 37.3. The van der Waals surface area contributed by atoms with E-state index < -0.39 is 75.2 Å².